The molecule has 108 valence electrons. The van der Waals surface area contributed by atoms with E-state index in [1.54, 1.807) is 0 Å². The van der Waals surface area contributed by atoms with Gasteiger partial charge >= 0.3 is 0 Å². The number of hydrogen-bond donors (Lipinski definition) is 1. The Morgan fingerprint density at radius 1 is 1.00 bits per heavy atom. The molecule has 3 nitrogen and oxygen atoms in total. The molecule has 3 rings (SSSR count). The number of piperidine rings is 1. The first kappa shape index (κ1) is 13.6. The fourth-order valence-electron chi connectivity index (χ4n) is 3.49. The third-order valence-corrected chi connectivity index (χ3v) is 4.56. The van der Waals surface area contributed by atoms with Gasteiger partial charge in [0, 0.05) is 30.7 Å². The molecule has 1 aliphatic carbocycles. The summed E-state index contributed by atoms with van der Waals surface area (Å²) in [5.41, 5.74) is 0.814. The first-order valence-electron chi connectivity index (χ1n) is 7.93. The average molecular weight is 272 g/mol. The highest BCUT2D eigenvalue weighted by molar-refractivity contribution is 5.94. The van der Waals surface area contributed by atoms with Gasteiger partial charge in [0.25, 0.3) is 5.91 Å². The van der Waals surface area contributed by atoms with Crippen LogP contribution in [0.25, 0.3) is 0 Å². The van der Waals surface area contributed by atoms with E-state index in [4.69, 9.17) is 0 Å². The monoisotopic (exact) mass is 272 g/mol. The van der Waals surface area contributed by atoms with Gasteiger partial charge in [0.1, 0.15) is 0 Å². The zero-order valence-electron chi connectivity index (χ0n) is 12.1. The van der Waals surface area contributed by atoms with E-state index in [1.165, 1.54) is 32.1 Å². The molecule has 1 heterocycles. The van der Waals surface area contributed by atoms with E-state index < -0.39 is 0 Å². The lowest BCUT2D eigenvalue weighted by Gasteiger charge is -2.35. The van der Waals surface area contributed by atoms with Crippen LogP contribution in [0.5, 0.6) is 0 Å². The first-order valence-corrected chi connectivity index (χ1v) is 7.93. The molecule has 2 fully saturated rings. The molecule has 2 aliphatic rings. The van der Waals surface area contributed by atoms with Crippen molar-refractivity contribution in [3.8, 4) is 0 Å². The first-order chi connectivity index (χ1) is 9.83. The second-order valence-electron chi connectivity index (χ2n) is 6.10. The van der Waals surface area contributed by atoms with E-state index in [0.717, 1.165) is 25.1 Å². The normalized spacial score (nSPS) is 24.0. The van der Waals surface area contributed by atoms with Gasteiger partial charge in [-0.15, -0.1) is 0 Å². The Morgan fingerprint density at radius 3 is 2.45 bits per heavy atom. The number of likely N-dealkylation sites (tertiary alicyclic amines) is 1. The fourth-order valence-corrected chi connectivity index (χ4v) is 3.49. The van der Waals surface area contributed by atoms with E-state index in [1.807, 2.05) is 35.2 Å². The van der Waals surface area contributed by atoms with Gasteiger partial charge in [-0.25, -0.2) is 0 Å². The summed E-state index contributed by atoms with van der Waals surface area (Å²) in [4.78, 5) is 14.5. The molecule has 1 saturated carbocycles. The van der Waals surface area contributed by atoms with E-state index in [0.29, 0.717) is 12.1 Å². The van der Waals surface area contributed by atoms with Crippen molar-refractivity contribution in [1.29, 1.82) is 0 Å². The maximum Gasteiger partial charge on any atom is 0.253 e. The quantitative estimate of drug-likeness (QED) is 0.917. The maximum absolute atomic E-state index is 12.5. The number of hydrogen-bond acceptors (Lipinski definition) is 2. The molecule has 0 aromatic heterocycles. The molecule has 1 aromatic rings. The Kier molecular flexibility index (Phi) is 4.36. The molecule has 1 aromatic carbocycles. The van der Waals surface area contributed by atoms with E-state index in [2.05, 4.69) is 5.32 Å². The van der Waals surface area contributed by atoms with Crippen LogP contribution in [0.2, 0.25) is 0 Å². The Labute approximate surface area is 121 Å². The number of nitrogens with zero attached hydrogens (tertiary/aromatic N) is 1. The summed E-state index contributed by atoms with van der Waals surface area (Å²) in [6.45, 7) is 1.76. The molecule has 0 radical (unpaired) electrons. The lowest BCUT2D eigenvalue weighted by molar-refractivity contribution is 0.0689. The smallest absolute Gasteiger partial charge is 0.253 e. The average Bonchev–Trinajstić information content (AvgIpc) is 3.01. The van der Waals surface area contributed by atoms with Gasteiger partial charge in [0.15, 0.2) is 0 Å². The Morgan fingerprint density at radius 2 is 1.70 bits per heavy atom. The Hall–Kier alpha value is -1.35. The number of carbonyl (C=O) groups excluding carboxylic acids is 1. The molecular weight excluding hydrogens is 248 g/mol. The van der Waals surface area contributed by atoms with Gasteiger partial charge in [0.2, 0.25) is 0 Å². The second-order valence-corrected chi connectivity index (χ2v) is 6.10. The van der Waals surface area contributed by atoms with Crippen molar-refractivity contribution >= 4 is 5.91 Å². The molecule has 1 unspecified atom stereocenters. The second kappa shape index (κ2) is 6.40. The van der Waals surface area contributed by atoms with Gasteiger partial charge in [-0.2, -0.15) is 0 Å². The maximum atomic E-state index is 12.5. The topological polar surface area (TPSA) is 32.3 Å². The van der Waals surface area contributed by atoms with Crippen molar-refractivity contribution in [2.75, 3.05) is 13.1 Å². The van der Waals surface area contributed by atoms with E-state index >= 15 is 0 Å². The van der Waals surface area contributed by atoms with Crippen LogP contribution >= 0.6 is 0 Å². The Bertz CT molecular complexity index is 440. The lowest BCUT2D eigenvalue weighted by atomic mass is 10.0. The van der Waals surface area contributed by atoms with Gasteiger partial charge in [-0.05, 0) is 37.8 Å². The molecule has 1 N–H and O–H groups in total. The van der Waals surface area contributed by atoms with Gasteiger partial charge in [-0.3, -0.25) is 4.79 Å². The minimum Gasteiger partial charge on any atom is -0.337 e. The zero-order chi connectivity index (χ0) is 13.8. The third kappa shape index (κ3) is 3.21. The van der Waals surface area contributed by atoms with Crippen LogP contribution in [0.1, 0.15) is 48.9 Å². The lowest BCUT2D eigenvalue weighted by Crippen LogP contribution is -2.50. The summed E-state index contributed by atoms with van der Waals surface area (Å²) >= 11 is 0. The van der Waals surface area contributed by atoms with Gasteiger partial charge in [0.05, 0.1) is 0 Å². The van der Waals surface area contributed by atoms with Crippen LogP contribution in [-0.4, -0.2) is 36.0 Å². The molecule has 3 heteroatoms. The van der Waals surface area contributed by atoms with E-state index in [-0.39, 0.29) is 5.91 Å². The Balaban J connectivity index is 1.58. The summed E-state index contributed by atoms with van der Waals surface area (Å²) in [6.07, 6.45) is 7.65. The summed E-state index contributed by atoms with van der Waals surface area (Å²) in [7, 11) is 0. The minimum absolute atomic E-state index is 0.184. The van der Waals surface area contributed by atoms with Gasteiger partial charge in [-0.1, -0.05) is 31.0 Å². The predicted molar refractivity (Wildman–Crippen MR) is 80.8 cm³/mol. The van der Waals surface area contributed by atoms with Crippen molar-refractivity contribution in [3.63, 3.8) is 0 Å². The molecule has 1 saturated heterocycles. The van der Waals surface area contributed by atoms with Crippen LogP contribution in [0.15, 0.2) is 30.3 Å². The SMILES string of the molecule is O=C(c1ccccc1)N1CCCC(NC2CCCC2)C1. The molecule has 0 bridgehead atoms. The zero-order valence-corrected chi connectivity index (χ0v) is 12.1. The number of carbonyl (C=O) groups is 1. The van der Waals surface area contributed by atoms with Crippen molar-refractivity contribution in [2.24, 2.45) is 0 Å². The largest absolute Gasteiger partial charge is 0.337 e. The fraction of sp³-hybridized carbons (Fsp3) is 0.588. The summed E-state index contributed by atoms with van der Waals surface area (Å²) in [5, 5.41) is 3.76. The molecule has 0 spiro atoms. The summed E-state index contributed by atoms with van der Waals surface area (Å²) < 4.78 is 0. The van der Waals surface area contributed by atoms with Crippen molar-refractivity contribution < 1.29 is 4.79 Å². The number of amides is 1. The molecule has 1 atom stereocenters. The van der Waals surface area contributed by atoms with Crippen molar-refractivity contribution in [1.82, 2.24) is 10.2 Å². The van der Waals surface area contributed by atoms with Crippen LogP contribution in [0.3, 0.4) is 0 Å². The highest BCUT2D eigenvalue weighted by Crippen LogP contribution is 2.21. The summed E-state index contributed by atoms with van der Waals surface area (Å²) in [6, 6.07) is 10.8. The number of rotatable bonds is 3. The predicted octanol–water partition coefficient (Wildman–Crippen LogP) is 2.82. The van der Waals surface area contributed by atoms with Crippen LogP contribution in [0.4, 0.5) is 0 Å². The van der Waals surface area contributed by atoms with E-state index in [9.17, 15) is 4.79 Å². The molecular formula is C17H24N2O. The highest BCUT2D eigenvalue weighted by atomic mass is 16.2. The van der Waals surface area contributed by atoms with Crippen molar-refractivity contribution in [2.45, 2.75) is 50.6 Å². The minimum atomic E-state index is 0.184. The highest BCUT2D eigenvalue weighted by Gasteiger charge is 2.26. The molecule has 20 heavy (non-hydrogen) atoms. The van der Waals surface area contributed by atoms with Gasteiger partial charge < -0.3 is 10.2 Å². The number of benzene rings is 1. The van der Waals surface area contributed by atoms with Crippen LogP contribution in [0, 0.1) is 0 Å². The third-order valence-electron chi connectivity index (χ3n) is 4.56. The van der Waals surface area contributed by atoms with Crippen molar-refractivity contribution in [3.05, 3.63) is 35.9 Å². The number of nitrogens with one attached hydrogen (secondary N) is 1. The molecule has 1 aliphatic heterocycles. The summed E-state index contributed by atoms with van der Waals surface area (Å²) in [5.74, 6) is 0.184. The molecule has 1 amide bonds. The standard InChI is InChI=1S/C17H24N2O/c20-17(14-7-2-1-3-8-14)19-12-6-11-16(13-19)18-15-9-4-5-10-15/h1-3,7-8,15-16,18H,4-6,9-13H2. The van der Waals surface area contributed by atoms with Crippen LogP contribution in [-0.2, 0) is 0 Å². The van der Waals surface area contributed by atoms with Crippen LogP contribution < -0.4 is 5.32 Å².